The van der Waals surface area contributed by atoms with Gasteiger partial charge < -0.3 is 19.6 Å². The predicted molar refractivity (Wildman–Crippen MR) is 115 cm³/mol. The molecule has 1 aromatic carbocycles. The summed E-state index contributed by atoms with van der Waals surface area (Å²) in [5.74, 6) is 1.14. The van der Waals surface area contributed by atoms with Crippen LogP contribution in [0.25, 0.3) is 0 Å². The highest BCUT2D eigenvalue weighted by Gasteiger charge is 2.52. The van der Waals surface area contributed by atoms with Crippen LogP contribution >= 0.6 is 0 Å². The molecule has 2 saturated heterocycles. The van der Waals surface area contributed by atoms with E-state index in [-0.39, 0.29) is 23.3 Å². The first-order valence-corrected chi connectivity index (χ1v) is 11.4. The summed E-state index contributed by atoms with van der Waals surface area (Å²) in [7, 11) is 0. The number of hydrogen-bond acceptors (Lipinski definition) is 4. The second-order valence-electron chi connectivity index (χ2n) is 9.64. The standard InChI is InChI=1S/C24H34N2O4/c1-18(2)30-20-8-6-19(7-9-20)26-16-14-23(22(26)28)10-12-24(29,13-11-23)17-25-15-4-3-5-21(25)27/h6-9,18,29H,3-5,10-17H2,1-2H3. The molecule has 0 atom stereocenters. The molecule has 2 heterocycles. The molecule has 0 aromatic heterocycles. The predicted octanol–water partition coefficient (Wildman–Crippen LogP) is 3.51. The van der Waals surface area contributed by atoms with E-state index in [1.54, 1.807) is 0 Å². The van der Waals surface area contributed by atoms with Gasteiger partial charge in [-0.2, -0.15) is 0 Å². The van der Waals surface area contributed by atoms with Crippen molar-refractivity contribution >= 4 is 17.5 Å². The van der Waals surface area contributed by atoms with Gasteiger partial charge in [0.15, 0.2) is 0 Å². The van der Waals surface area contributed by atoms with E-state index in [2.05, 4.69) is 0 Å². The van der Waals surface area contributed by atoms with Crippen molar-refractivity contribution in [2.45, 2.75) is 76.9 Å². The van der Waals surface area contributed by atoms with Crippen molar-refractivity contribution in [2.75, 3.05) is 24.5 Å². The maximum Gasteiger partial charge on any atom is 0.233 e. The molecule has 4 rings (SSSR count). The van der Waals surface area contributed by atoms with Gasteiger partial charge in [-0.1, -0.05) is 0 Å². The van der Waals surface area contributed by atoms with E-state index < -0.39 is 5.60 Å². The largest absolute Gasteiger partial charge is 0.491 e. The topological polar surface area (TPSA) is 70.1 Å². The summed E-state index contributed by atoms with van der Waals surface area (Å²) in [6, 6.07) is 7.75. The Bertz CT molecular complexity index is 781. The summed E-state index contributed by atoms with van der Waals surface area (Å²) >= 11 is 0. The zero-order valence-electron chi connectivity index (χ0n) is 18.2. The Balaban J connectivity index is 1.38. The monoisotopic (exact) mass is 414 g/mol. The molecule has 3 aliphatic rings. The van der Waals surface area contributed by atoms with Crippen molar-refractivity contribution < 1.29 is 19.4 Å². The molecule has 1 saturated carbocycles. The summed E-state index contributed by atoms with van der Waals surface area (Å²) in [6.45, 7) is 5.86. The molecule has 6 heteroatoms. The highest BCUT2D eigenvalue weighted by Crippen LogP contribution is 2.49. The van der Waals surface area contributed by atoms with Gasteiger partial charge in [-0.15, -0.1) is 0 Å². The molecule has 1 aromatic rings. The lowest BCUT2D eigenvalue weighted by Gasteiger charge is -2.43. The van der Waals surface area contributed by atoms with Crippen LogP contribution in [0.2, 0.25) is 0 Å². The SMILES string of the molecule is CC(C)Oc1ccc(N2CCC3(CCC(O)(CN4CCCCC4=O)CC3)C2=O)cc1. The van der Waals surface area contributed by atoms with E-state index in [9.17, 15) is 14.7 Å². The van der Waals surface area contributed by atoms with E-state index in [4.69, 9.17) is 4.74 Å². The van der Waals surface area contributed by atoms with Crippen molar-refractivity contribution in [3.8, 4) is 5.75 Å². The Morgan fingerprint density at radius 2 is 1.70 bits per heavy atom. The number of β-amino-alcohol motifs (C(OH)–C–C–N with tert-alkyl or cyclic N) is 1. The van der Waals surface area contributed by atoms with Gasteiger partial charge in [0.05, 0.1) is 17.1 Å². The van der Waals surface area contributed by atoms with Crippen molar-refractivity contribution in [3.63, 3.8) is 0 Å². The number of anilines is 1. The summed E-state index contributed by atoms with van der Waals surface area (Å²) in [5.41, 5.74) is -0.319. The minimum atomic E-state index is -0.859. The number of piperidine rings is 1. The zero-order valence-corrected chi connectivity index (χ0v) is 18.2. The van der Waals surface area contributed by atoms with Crippen LogP contribution in [0.5, 0.6) is 5.75 Å². The van der Waals surface area contributed by atoms with Gasteiger partial charge >= 0.3 is 0 Å². The Labute approximate surface area is 179 Å². The van der Waals surface area contributed by atoms with Crippen LogP contribution in [0.1, 0.15) is 65.2 Å². The van der Waals surface area contributed by atoms with Gasteiger partial charge in [0, 0.05) is 31.7 Å². The summed E-state index contributed by atoms with van der Waals surface area (Å²) in [4.78, 5) is 29.2. The van der Waals surface area contributed by atoms with Crippen LogP contribution in [0, 0.1) is 5.41 Å². The maximum absolute atomic E-state index is 13.3. The van der Waals surface area contributed by atoms with Crippen LogP contribution in [0.15, 0.2) is 24.3 Å². The summed E-state index contributed by atoms with van der Waals surface area (Å²) < 4.78 is 5.70. The van der Waals surface area contributed by atoms with Gasteiger partial charge in [-0.25, -0.2) is 0 Å². The van der Waals surface area contributed by atoms with E-state index >= 15 is 0 Å². The molecule has 2 aliphatic heterocycles. The van der Waals surface area contributed by atoms with Gasteiger partial charge in [0.1, 0.15) is 5.75 Å². The molecule has 0 radical (unpaired) electrons. The Morgan fingerprint density at radius 1 is 1.00 bits per heavy atom. The smallest absolute Gasteiger partial charge is 0.233 e. The molecule has 3 fully saturated rings. The Hall–Kier alpha value is -2.08. The summed E-state index contributed by atoms with van der Waals surface area (Å²) in [5, 5.41) is 11.1. The van der Waals surface area contributed by atoms with Crippen molar-refractivity contribution in [2.24, 2.45) is 5.41 Å². The van der Waals surface area contributed by atoms with E-state index in [1.165, 1.54) is 0 Å². The second kappa shape index (κ2) is 8.22. The zero-order chi connectivity index (χ0) is 21.4. The minimum Gasteiger partial charge on any atom is -0.491 e. The average Bonchev–Trinajstić information content (AvgIpc) is 3.03. The van der Waals surface area contributed by atoms with E-state index in [0.717, 1.165) is 37.2 Å². The summed E-state index contributed by atoms with van der Waals surface area (Å²) in [6.07, 6.45) is 6.04. The fourth-order valence-corrected chi connectivity index (χ4v) is 5.24. The van der Waals surface area contributed by atoms with Crippen LogP contribution in [0.3, 0.4) is 0 Å². The van der Waals surface area contributed by atoms with Crippen molar-refractivity contribution in [3.05, 3.63) is 24.3 Å². The number of ether oxygens (including phenoxy) is 1. The lowest BCUT2D eigenvalue weighted by molar-refractivity contribution is -0.142. The number of nitrogens with zero attached hydrogens (tertiary/aromatic N) is 2. The average molecular weight is 415 g/mol. The molecule has 1 spiro atoms. The van der Waals surface area contributed by atoms with Crippen LogP contribution in [-0.4, -0.2) is 53.2 Å². The third kappa shape index (κ3) is 4.20. The van der Waals surface area contributed by atoms with Crippen LogP contribution < -0.4 is 9.64 Å². The number of rotatable bonds is 5. The van der Waals surface area contributed by atoms with E-state index in [0.29, 0.717) is 45.2 Å². The van der Waals surface area contributed by atoms with Crippen molar-refractivity contribution in [1.29, 1.82) is 0 Å². The van der Waals surface area contributed by atoms with Gasteiger partial charge in [0.25, 0.3) is 0 Å². The number of amides is 2. The molecule has 0 unspecified atom stereocenters. The van der Waals surface area contributed by atoms with Gasteiger partial charge in [-0.3, -0.25) is 9.59 Å². The molecule has 1 N–H and O–H groups in total. The molecular weight excluding hydrogens is 380 g/mol. The van der Waals surface area contributed by atoms with Gasteiger partial charge in [0.2, 0.25) is 11.8 Å². The van der Waals surface area contributed by atoms with Gasteiger partial charge in [-0.05, 0) is 83.1 Å². The number of aliphatic hydroxyl groups is 1. The molecule has 1 aliphatic carbocycles. The highest BCUT2D eigenvalue weighted by atomic mass is 16.5. The third-order valence-electron chi connectivity index (χ3n) is 7.08. The first-order chi connectivity index (χ1) is 14.3. The number of carbonyl (C=O) groups is 2. The molecular formula is C24H34N2O4. The Morgan fingerprint density at radius 3 is 2.33 bits per heavy atom. The quantitative estimate of drug-likeness (QED) is 0.800. The van der Waals surface area contributed by atoms with E-state index in [1.807, 2.05) is 47.9 Å². The third-order valence-corrected chi connectivity index (χ3v) is 7.08. The maximum atomic E-state index is 13.3. The Kier molecular flexibility index (Phi) is 5.80. The van der Waals surface area contributed by atoms with Crippen LogP contribution in [0.4, 0.5) is 5.69 Å². The molecule has 2 amide bonds. The first-order valence-electron chi connectivity index (χ1n) is 11.4. The minimum absolute atomic E-state index is 0.119. The highest BCUT2D eigenvalue weighted by molar-refractivity contribution is 6.00. The first kappa shape index (κ1) is 21.2. The normalized spacial score (nSPS) is 29.9. The van der Waals surface area contributed by atoms with Crippen molar-refractivity contribution in [1.82, 2.24) is 4.90 Å². The number of likely N-dealkylation sites (tertiary alicyclic amines) is 1. The molecule has 164 valence electrons. The number of carbonyl (C=O) groups excluding carboxylic acids is 2. The number of benzene rings is 1. The molecule has 0 bridgehead atoms. The number of hydrogen-bond donors (Lipinski definition) is 1. The molecule has 6 nitrogen and oxygen atoms in total. The van der Waals surface area contributed by atoms with Crippen LogP contribution in [-0.2, 0) is 9.59 Å². The second-order valence-corrected chi connectivity index (χ2v) is 9.64. The molecule has 30 heavy (non-hydrogen) atoms. The lowest BCUT2D eigenvalue weighted by atomic mass is 9.67. The fourth-order valence-electron chi connectivity index (χ4n) is 5.24. The lowest BCUT2D eigenvalue weighted by Crippen LogP contribution is -2.51. The fraction of sp³-hybridized carbons (Fsp3) is 0.667.